The minimum Gasteiger partial charge on any atom is -0.465 e. The van der Waals surface area contributed by atoms with E-state index >= 15 is 0 Å². The van der Waals surface area contributed by atoms with Crippen molar-refractivity contribution in [2.75, 3.05) is 5.32 Å². The van der Waals surface area contributed by atoms with Gasteiger partial charge in [-0.15, -0.1) is 0 Å². The second-order valence-electron chi connectivity index (χ2n) is 4.78. The van der Waals surface area contributed by atoms with Gasteiger partial charge in [0.1, 0.15) is 11.5 Å². The Morgan fingerprint density at radius 1 is 1.00 bits per heavy atom. The van der Waals surface area contributed by atoms with E-state index in [0.29, 0.717) is 11.3 Å². The molecule has 0 saturated heterocycles. The van der Waals surface area contributed by atoms with Crippen LogP contribution in [0.3, 0.4) is 0 Å². The van der Waals surface area contributed by atoms with Crippen LogP contribution in [0, 0.1) is 13.8 Å². The summed E-state index contributed by atoms with van der Waals surface area (Å²) in [4.78, 5) is 22.8. The molecule has 0 saturated carbocycles. The summed E-state index contributed by atoms with van der Waals surface area (Å²) in [5, 5.41) is 2.71. The fraction of sp³-hybridized carbons (Fsp3) is 0.250. The van der Waals surface area contributed by atoms with Crippen LogP contribution in [-0.4, -0.2) is 11.7 Å². The van der Waals surface area contributed by atoms with Gasteiger partial charge in [-0.2, -0.15) is 0 Å². The van der Waals surface area contributed by atoms with Crippen LogP contribution >= 0.6 is 0 Å². The summed E-state index contributed by atoms with van der Waals surface area (Å²) in [5.74, 6) is 1.23. The largest absolute Gasteiger partial charge is 0.465 e. The highest BCUT2D eigenvalue weighted by molar-refractivity contribution is 6.02. The SMILES string of the molecule is CC(=O)Nc1ccc(-c2c(C)oc(C)c2C(C)=O)cc1. The number of benzene rings is 1. The molecule has 1 aromatic carbocycles. The first kappa shape index (κ1) is 14.1. The van der Waals surface area contributed by atoms with E-state index in [1.807, 2.05) is 31.2 Å². The average molecular weight is 271 g/mol. The molecule has 1 heterocycles. The summed E-state index contributed by atoms with van der Waals surface area (Å²) >= 11 is 0. The van der Waals surface area contributed by atoms with Crippen LogP contribution in [0.1, 0.15) is 35.7 Å². The third-order valence-corrected chi connectivity index (χ3v) is 3.11. The molecule has 1 aromatic heterocycles. The van der Waals surface area contributed by atoms with Crippen molar-refractivity contribution < 1.29 is 14.0 Å². The normalized spacial score (nSPS) is 10.4. The van der Waals surface area contributed by atoms with E-state index < -0.39 is 0 Å². The highest BCUT2D eigenvalue weighted by atomic mass is 16.3. The van der Waals surface area contributed by atoms with E-state index in [-0.39, 0.29) is 11.7 Å². The maximum atomic E-state index is 11.8. The average Bonchev–Trinajstić information content (AvgIpc) is 2.64. The van der Waals surface area contributed by atoms with Gasteiger partial charge in [-0.05, 0) is 38.5 Å². The van der Waals surface area contributed by atoms with E-state index in [9.17, 15) is 9.59 Å². The van der Waals surface area contributed by atoms with Crippen molar-refractivity contribution in [2.24, 2.45) is 0 Å². The Morgan fingerprint density at radius 2 is 1.60 bits per heavy atom. The Kier molecular flexibility index (Phi) is 3.74. The number of anilines is 1. The molecule has 1 amide bonds. The summed E-state index contributed by atoms with van der Waals surface area (Å²) in [7, 11) is 0. The maximum absolute atomic E-state index is 11.8. The maximum Gasteiger partial charge on any atom is 0.221 e. The van der Waals surface area contributed by atoms with Crippen molar-refractivity contribution >= 4 is 17.4 Å². The first-order chi connectivity index (χ1) is 9.40. The van der Waals surface area contributed by atoms with Crippen molar-refractivity contribution in [2.45, 2.75) is 27.7 Å². The molecule has 0 aliphatic carbocycles. The van der Waals surface area contributed by atoms with Crippen LogP contribution < -0.4 is 5.32 Å². The fourth-order valence-corrected chi connectivity index (χ4v) is 2.38. The van der Waals surface area contributed by atoms with Gasteiger partial charge in [-0.3, -0.25) is 9.59 Å². The number of hydrogen-bond donors (Lipinski definition) is 1. The monoisotopic (exact) mass is 271 g/mol. The number of hydrogen-bond acceptors (Lipinski definition) is 3. The van der Waals surface area contributed by atoms with Crippen LogP contribution in [0.5, 0.6) is 0 Å². The molecule has 1 N–H and O–H groups in total. The highest BCUT2D eigenvalue weighted by Gasteiger charge is 2.19. The predicted octanol–water partition coefficient (Wildman–Crippen LogP) is 3.72. The van der Waals surface area contributed by atoms with Crippen molar-refractivity contribution in [1.82, 2.24) is 0 Å². The number of Topliss-reactive ketones (excluding diaryl/α,β-unsaturated/α-hetero) is 1. The molecule has 0 atom stereocenters. The van der Waals surface area contributed by atoms with Gasteiger partial charge in [0.15, 0.2) is 5.78 Å². The Hall–Kier alpha value is -2.36. The van der Waals surface area contributed by atoms with Crippen molar-refractivity contribution in [1.29, 1.82) is 0 Å². The van der Waals surface area contributed by atoms with Crippen molar-refractivity contribution in [3.8, 4) is 11.1 Å². The smallest absolute Gasteiger partial charge is 0.221 e. The summed E-state index contributed by atoms with van der Waals surface area (Å²) in [6.07, 6.45) is 0. The second kappa shape index (κ2) is 5.33. The number of nitrogens with one attached hydrogen (secondary N) is 1. The Morgan fingerprint density at radius 3 is 2.10 bits per heavy atom. The highest BCUT2D eigenvalue weighted by Crippen LogP contribution is 2.33. The Balaban J connectivity index is 2.47. The molecule has 104 valence electrons. The molecule has 4 heteroatoms. The zero-order valence-corrected chi connectivity index (χ0v) is 12.0. The number of aryl methyl sites for hydroxylation is 2. The van der Waals surface area contributed by atoms with E-state index in [4.69, 9.17) is 4.42 Å². The minimum absolute atomic E-state index is 0.0136. The van der Waals surface area contributed by atoms with Gasteiger partial charge in [-0.1, -0.05) is 12.1 Å². The fourth-order valence-electron chi connectivity index (χ4n) is 2.38. The van der Waals surface area contributed by atoms with E-state index in [1.54, 1.807) is 6.92 Å². The minimum atomic E-state index is -0.113. The van der Waals surface area contributed by atoms with Crippen molar-refractivity contribution in [3.05, 3.63) is 41.3 Å². The number of ketones is 1. The van der Waals surface area contributed by atoms with Crippen LogP contribution in [0.4, 0.5) is 5.69 Å². The molecular formula is C16H17NO3. The quantitative estimate of drug-likeness (QED) is 0.865. The Labute approximate surface area is 117 Å². The molecule has 0 bridgehead atoms. The molecule has 0 spiro atoms. The standard InChI is InChI=1S/C16H17NO3/c1-9(18)15-10(2)20-11(3)16(15)13-5-7-14(8-6-13)17-12(4)19/h5-8H,1-4H3,(H,17,19). The molecule has 0 unspecified atom stereocenters. The van der Waals surface area contributed by atoms with Gasteiger partial charge in [-0.25, -0.2) is 0 Å². The molecule has 2 aromatic rings. The van der Waals surface area contributed by atoms with E-state index in [1.165, 1.54) is 13.8 Å². The van der Waals surface area contributed by atoms with Gasteiger partial charge in [0, 0.05) is 18.2 Å². The Bertz CT molecular complexity index is 666. The van der Waals surface area contributed by atoms with E-state index in [2.05, 4.69) is 5.32 Å². The number of carbonyl (C=O) groups is 2. The van der Waals surface area contributed by atoms with Crippen LogP contribution in [0.15, 0.2) is 28.7 Å². The van der Waals surface area contributed by atoms with Gasteiger partial charge < -0.3 is 9.73 Å². The van der Waals surface area contributed by atoms with Crippen LogP contribution in [0.2, 0.25) is 0 Å². The molecule has 0 aliphatic heterocycles. The number of furan rings is 1. The molecule has 20 heavy (non-hydrogen) atoms. The zero-order valence-electron chi connectivity index (χ0n) is 12.0. The first-order valence-electron chi connectivity index (χ1n) is 6.39. The predicted molar refractivity (Wildman–Crippen MR) is 77.9 cm³/mol. The lowest BCUT2D eigenvalue weighted by Gasteiger charge is -2.05. The summed E-state index contributed by atoms with van der Waals surface area (Å²) < 4.78 is 5.57. The van der Waals surface area contributed by atoms with Crippen LogP contribution in [-0.2, 0) is 4.79 Å². The lowest BCUT2D eigenvalue weighted by molar-refractivity contribution is -0.114. The molecule has 0 aliphatic rings. The van der Waals surface area contributed by atoms with Gasteiger partial charge >= 0.3 is 0 Å². The first-order valence-corrected chi connectivity index (χ1v) is 6.39. The van der Waals surface area contributed by atoms with Gasteiger partial charge in [0.25, 0.3) is 0 Å². The molecule has 4 nitrogen and oxygen atoms in total. The third-order valence-electron chi connectivity index (χ3n) is 3.11. The summed E-state index contributed by atoms with van der Waals surface area (Å²) in [6.45, 7) is 6.63. The van der Waals surface area contributed by atoms with Crippen molar-refractivity contribution in [3.63, 3.8) is 0 Å². The van der Waals surface area contributed by atoms with Gasteiger partial charge in [0.2, 0.25) is 5.91 Å². The lowest BCUT2D eigenvalue weighted by atomic mass is 9.98. The van der Waals surface area contributed by atoms with Gasteiger partial charge in [0.05, 0.1) is 5.56 Å². The second-order valence-corrected chi connectivity index (χ2v) is 4.78. The summed E-state index contributed by atoms with van der Waals surface area (Å²) in [5.41, 5.74) is 3.07. The molecule has 2 rings (SSSR count). The zero-order chi connectivity index (χ0) is 14.9. The summed E-state index contributed by atoms with van der Waals surface area (Å²) in [6, 6.07) is 7.36. The number of rotatable bonds is 3. The number of carbonyl (C=O) groups excluding carboxylic acids is 2. The van der Waals surface area contributed by atoms with E-state index in [0.717, 1.165) is 22.6 Å². The lowest BCUT2D eigenvalue weighted by Crippen LogP contribution is -2.05. The molecular weight excluding hydrogens is 254 g/mol. The van der Waals surface area contributed by atoms with Crippen LogP contribution in [0.25, 0.3) is 11.1 Å². The molecule has 0 fully saturated rings. The molecule has 0 radical (unpaired) electrons. The topological polar surface area (TPSA) is 59.3 Å². The number of amides is 1. The third kappa shape index (κ3) is 2.64.